The average molecular weight is 295 g/mol. The predicted octanol–water partition coefficient (Wildman–Crippen LogP) is 4.33. The second-order valence-electron chi connectivity index (χ2n) is 6.09. The summed E-state index contributed by atoms with van der Waals surface area (Å²) in [6.07, 6.45) is 10.2. The van der Waals surface area contributed by atoms with Crippen LogP contribution in [0.25, 0.3) is 0 Å². The minimum absolute atomic E-state index is 0.757. The standard InChI is InChI=1S/C17H27ClN2/c1-3-13-5-6-15(11-19-4-2)16(9-13)10-14-7-8-20-12-17(14)18/h7-8,12-13,15-16,19H,3-6,9-11H2,1-2H3. The molecule has 1 aliphatic rings. The molecule has 1 fully saturated rings. The maximum Gasteiger partial charge on any atom is 0.0621 e. The van der Waals surface area contributed by atoms with Crippen molar-refractivity contribution >= 4 is 11.6 Å². The van der Waals surface area contributed by atoms with Gasteiger partial charge in [-0.15, -0.1) is 0 Å². The summed E-state index contributed by atoms with van der Waals surface area (Å²) in [4.78, 5) is 4.09. The largest absolute Gasteiger partial charge is 0.317 e. The van der Waals surface area contributed by atoms with Crippen LogP contribution in [0, 0.1) is 17.8 Å². The summed E-state index contributed by atoms with van der Waals surface area (Å²) in [7, 11) is 0. The van der Waals surface area contributed by atoms with Crippen LogP contribution in [0.5, 0.6) is 0 Å². The van der Waals surface area contributed by atoms with Crippen LogP contribution in [0.2, 0.25) is 5.02 Å². The highest BCUT2D eigenvalue weighted by molar-refractivity contribution is 6.31. The second-order valence-corrected chi connectivity index (χ2v) is 6.49. The molecule has 0 amide bonds. The lowest BCUT2D eigenvalue weighted by atomic mass is 9.71. The maximum absolute atomic E-state index is 6.29. The van der Waals surface area contributed by atoms with E-state index in [-0.39, 0.29) is 0 Å². The fraction of sp³-hybridized carbons (Fsp3) is 0.706. The Kier molecular flexibility index (Phi) is 6.31. The molecule has 112 valence electrons. The molecule has 0 bridgehead atoms. The van der Waals surface area contributed by atoms with Crippen molar-refractivity contribution < 1.29 is 0 Å². The smallest absolute Gasteiger partial charge is 0.0621 e. The van der Waals surface area contributed by atoms with Gasteiger partial charge in [0.15, 0.2) is 0 Å². The van der Waals surface area contributed by atoms with E-state index in [1.807, 2.05) is 6.20 Å². The van der Waals surface area contributed by atoms with E-state index in [9.17, 15) is 0 Å². The number of pyridine rings is 1. The summed E-state index contributed by atoms with van der Waals surface area (Å²) in [5.41, 5.74) is 1.27. The predicted molar refractivity (Wildman–Crippen MR) is 86.1 cm³/mol. The van der Waals surface area contributed by atoms with Gasteiger partial charge in [-0.1, -0.05) is 38.3 Å². The van der Waals surface area contributed by atoms with Gasteiger partial charge in [-0.2, -0.15) is 0 Å². The van der Waals surface area contributed by atoms with Crippen LogP contribution in [-0.2, 0) is 6.42 Å². The van der Waals surface area contributed by atoms with Crippen LogP contribution in [0.1, 0.15) is 45.1 Å². The van der Waals surface area contributed by atoms with Crippen molar-refractivity contribution in [1.29, 1.82) is 0 Å². The highest BCUT2D eigenvalue weighted by atomic mass is 35.5. The first-order valence-corrected chi connectivity index (χ1v) is 8.41. The summed E-state index contributed by atoms with van der Waals surface area (Å²) < 4.78 is 0. The van der Waals surface area contributed by atoms with Crippen LogP contribution in [-0.4, -0.2) is 18.1 Å². The van der Waals surface area contributed by atoms with Crippen LogP contribution in [0.15, 0.2) is 18.5 Å². The molecule has 0 aromatic carbocycles. The minimum Gasteiger partial charge on any atom is -0.317 e. The topological polar surface area (TPSA) is 24.9 Å². The molecule has 0 radical (unpaired) electrons. The van der Waals surface area contributed by atoms with Gasteiger partial charge >= 0.3 is 0 Å². The van der Waals surface area contributed by atoms with Gasteiger partial charge in [0, 0.05) is 12.4 Å². The van der Waals surface area contributed by atoms with Crippen LogP contribution < -0.4 is 5.32 Å². The molecular weight excluding hydrogens is 268 g/mol. The van der Waals surface area contributed by atoms with Gasteiger partial charge in [0.05, 0.1) is 5.02 Å². The zero-order chi connectivity index (χ0) is 14.4. The van der Waals surface area contributed by atoms with E-state index < -0.39 is 0 Å². The van der Waals surface area contributed by atoms with Gasteiger partial charge in [-0.25, -0.2) is 0 Å². The SMILES string of the molecule is CCNCC1CCC(CC)CC1Cc1ccncc1Cl. The Labute approximate surface area is 128 Å². The van der Waals surface area contributed by atoms with E-state index in [1.54, 1.807) is 6.20 Å². The van der Waals surface area contributed by atoms with Crippen LogP contribution in [0.4, 0.5) is 0 Å². The molecule has 2 nitrogen and oxygen atoms in total. The third kappa shape index (κ3) is 4.20. The van der Waals surface area contributed by atoms with E-state index in [2.05, 4.69) is 30.2 Å². The van der Waals surface area contributed by atoms with Crippen molar-refractivity contribution in [2.75, 3.05) is 13.1 Å². The Balaban J connectivity index is 2.04. The second kappa shape index (κ2) is 7.99. The molecule has 2 rings (SSSR count). The van der Waals surface area contributed by atoms with E-state index >= 15 is 0 Å². The molecule has 3 unspecified atom stereocenters. The van der Waals surface area contributed by atoms with Crippen molar-refractivity contribution in [2.24, 2.45) is 17.8 Å². The number of nitrogens with zero attached hydrogens (tertiary/aromatic N) is 1. The Morgan fingerprint density at radius 3 is 2.85 bits per heavy atom. The van der Waals surface area contributed by atoms with E-state index in [0.717, 1.165) is 42.3 Å². The number of nitrogens with one attached hydrogen (secondary N) is 1. The molecule has 1 heterocycles. The van der Waals surface area contributed by atoms with Gasteiger partial charge in [0.2, 0.25) is 0 Å². The van der Waals surface area contributed by atoms with Crippen molar-refractivity contribution in [3.8, 4) is 0 Å². The molecule has 20 heavy (non-hydrogen) atoms. The molecule has 1 aromatic heterocycles. The van der Waals surface area contributed by atoms with Crippen molar-refractivity contribution in [3.05, 3.63) is 29.0 Å². The lowest BCUT2D eigenvalue weighted by Crippen LogP contribution is -2.34. The Bertz CT molecular complexity index is 408. The number of aromatic nitrogens is 1. The first kappa shape index (κ1) is 15.8. The highest BCUT2D eigenvalue weighted by Gasteiger charge is 2.29. The van der Waals surface area contributed by atoms with E-state index in [4.69, 9.17) is 11.6 Å². The average Bonchev–Trinajstić information content (AvgIpc) is 2.48. The number of hydrogen-bond donors (Lipinski definition) is 1. The van der Waals surface area contributed by atoms with Gasteiger partial charge in [-0.05, 0) is 61.7 Å². The molecule has 0 saturated heterocycles. The molecule has 1 aliphatic carbocycles. The van der Waals surface area contributed by atoms with E-state index in [1.165, 1.54) is 31.2 Å². The van der Waals surface area contributed by atoms with Gasteiger partial charge in [0.25, 0.3) is 0 Å². The first-order chi connectivity index (χ1) is 9.74. The fourth-order valence-corrected chi connectivity index (χ4v) is 3.69. The van der Waals surface area contributed by atoms with Crippen molar-refractivity contribution in [3.63, 3.8) is 0 Å². The van der Waals surface area contributed by atoms with E-state index in [0.29, 0.717) is 0 Å². The molecule has 0 spiro atoms. The van der Waals surface area contributed by atoms with Crippen molar-refractivity contribution in [1.82, 2.24) is 10.3 Å². The summed E-state index contributed by atoms with van der Waals surface area (Å²) in [5, 5.41) is 4.36. The lowest BCUT2D eigenvalue weighted by molar-refractivity contribution is 0.172. The molecule has 3 heteroatoms. The molecule has 0 aliphatic heterocycles. The number of rotatable bonds is 6. The normalized spacial score (nSPS) is 26.6. The quantitative estimate of drug-likeness (QED) is 0.845. The first-order valence-electron chi connectivity index (χ1n) is 8.03. The third-order valence-corrected chi connectivity index (χ3v) is 5.16. The number of halogens is 1. The summed E-state index contributed by atoms with van der Waals surface area (Å²) in [6, 6.07) is 2.09. The fourth-order valence-electron chi connectivity index (χ4n) is 3.50. The lowest BCUT2D eigenvalue weighted by Gasteiger charge is -2.36. The van der Waals surface area contributed by atoms with Crippen LogP contribution in [0.3, 0.4) is 0 Å². The molecule has 1 aromatic rings. The highest BCUT2D eigenvalue weighted by Crippen LogP contribution is 2.37. The summed E-state index contributed by atoms with van der Waals surface area (Å²) in [5.74, 6) is 2.45. The molecule has 1 saturated carbocycles. The van der Waals surface area contributed by atoms with Gasteiger partial charge in [-0.3, -0.25) is 4.98 Å². The third-order valence-electron chi connectivity index (χ3n) is 4.82. The molecule has 3 atom stereocenters. The molecular formula is C17H27ClN2. The maximum atomic E-state index is 6.29. The van der Waals surface area contributed by atoms with Crippen LogP contribution >= 0.6 is 11.6 Å². The Hall–Kier alpha value is -0.600. The summed E-state index contributed by atoms with van der Waals surface area (Å²) >= 11 is 6.29. The van der Waals surface area contributed by atoms with Gasteiger partial charge < -0.3 is 5.32 Å². The molecule has 1 N–H and O–H groups in total. The minimum atomic E-state index is 0.757. The number of hydrogen-bond acceptors (Lipinski definition) is 2. The Morgan fingerprint density at radius 2 is 2.15 bits per heavy atom. The summed E-state index contributed by atoms with van der Waals surface area (Å²) in [6.45, 7) is 6.73. The zero-order valence-electron chi connectivity index (χ0n) is 12.7. The van der Waals surface area contributed by atoms with Crippen molar-refractivity contribution in [2.45, 2.75) is 46.0 Å². The zero-order valence-corrected chi connectivity index (χ0v) is 13.5. The van der Waals surface area contributed by atoms with Gasteiger partial charge in [0.1, 0.15) is 0 Å². The Morgan fingerprint density at radius 1 is 1.30 bits per heavy atom. The monoisotopic (exact) mass is 294 g/mol.